The SMILES string of the molecule is CCC/N=C1\S/C(=C\c2ccc(OC[C@@H](CO)OC3CCCC3)c(Cl)c2)C(=O)N1c1ccccc1C. The fourth-order valence-electron chi connectivity index (χ4n) is 4.30. The van der Waals surface area contributed by atoms with Gasteiger partial charge in [-0.2, -0.15) is 0 Å². The number of carbonyl (C=O) groups is 1. The van der Waals surface area contributed by atoms with Gasteiger partial charge in [-0.3, -0.25) is 14.7 Å². The number of nitrogens with zero attached hydrogens (tertiary/aromatic N) is 2. The van der Waals surface area contributed by atoms with Crippen molar-refractivity contribution in [3.63, 3.8) is 0 Å². The van der Waals surface area contributed by atoms with Gasteiger partial charge in [0.05, 0.1) is 28.3 Å². The summed E-state index contributed by atoms with van der Waals surface area (Å²) in [5.41, 5.74) is 2.65. The molecule has 1 atom stereocenters. The summed E-state index contributed by atoms with van der Waals surface area (Å²) in [7, 11) is 0. The monoisotopic (exact) mass is 528 g/mol. The second-order valence-electron chi connectivity index (χ2n) is 9.05. The summed E-state index contributed by atoms with van der Waals surface area (Å²) in [6, 6.07) is 13.3. The van der Waals surface area contributed by atoms with Gasteiger partial charge in [0, 0.05) is 6.54 Å². The predicted octanol–water partition coefficient (Wildman–Crippen LogP) is 6.23. The summed E-state index contributed by atoms with van der Waals surface area (Å²) in [5.74, 6) is 0.417. The van der Waals surface area contributed by atoms with Crippen molar-refractivity contribution < 1.29 is 19.4 Å². The summed E-state index contributed by atoms with van der Waals surface area (Å²) in [6.45, 7) is 4.84. The number of para-hydroxylation sites is 1. The molecule has 1 N–H and O–H groups in total. The number of amidine groups is 1. The van der Waals surface area contributed by atoms with Gasteiger partial charge in [0.15, 0.2) is 5.17 Å². The van der Waals surface area contributed by atoms with Crippen molar-refractivity contribution in [3.8, 4) is 5.75 Å². The number of rotatable bonds is 10. The molecule has 0 unspecified atom stereocenters. The number of thioether (sulfide) groups is 1. The van der Waals surface area contributed by atoms with Crippen molar-refractivity contribution in [1.29, 1.82) is 0 Å². The minimum atomic E-state index is -0.383. The number of aliphatic hydroxyl groups excluding tert-OH is 1. The molecule has 0 aromatic heterocycles. The fourth-order valence-corrected chi connectivity index (χ4v) is 5.54. The number of carbonyl (C=O) groups excluding carboxylic acids is 1. The van der Waals surface area contributed by atoms with Crippen LogP contribution in [0.3, 0.4) is 0 Å². The van der Waals surface area contributed by atoms with Crippen molar-refractivity contribution in [1.82, 2.24) is 0 Å². The molecule has 6 nitrogen and oxygen atoms in total. The van der Waals surface area contributed by atoms with Crippen molar-refractivity contribution in [3.05, 3.63) is 63.5 Å². The molecule has 1 heterocycles. The molecule has 2 fully saturated rings. The summed E-state index contributed by atoms with van der Waals surface area (Å²) >= 11 is 7.88. The molecule has 1 saturated carbocycles. The zero-order valence-corrected chi connectivity index (χ0v) is 22.4. The molecule has 4 rings (SSSR count). The molecule has 0 bridgehead atoms. The van der Waals surface area contributed by atoms with Crippen LogP contribution in [-0.4, -0.2) is 48.1 Å². The minimum absolute atomic E-state index is 0.100. The Bertz CT molecular complexity index is 1130. The standard InChI is InChI=1S/C28H33ClN2O4S/c1-3-14-30-28-31(24-11-7-4-8-19(24)2)27(33)26(36-28)16-20-12-13-25(23(29)15-20)34-18-22(17-32)35-21-9-5-6-10-21/h4,7-8,11-13,15-16,21-22,32H,3,5-6,9-10,14,17-18H2,1-2H3/b26-16-,30-28-/t22-/m1/s1. The first-order valence-electron chi connectivity index (χ1n) is 12.5. The number of amides is 1. The first kappa shape index (κ1) is 26.7. The van der Waals surface area contributed by atoms with Gasteiger partial charge in [-0.05, 0) is 73.4 Å². The minimum Gasteiger partial charge on any atom is -0.489 e. The quantitative estimate of drug-likeness (QED) is 0.370. The molecule has 2 aliphatic rings. The summed E-state index contributed by atoms with van der Waals surface area (Å²) in [6.07, 6.45) is 6.95. The van der Waals surface area contributed by atoms with Crippen LogP contribution < -0.4 is 9.64 Å². The van der Waals surface area contributed by atoms with Crippen LogP contribution in [-0.2, 0) is 9.53 Å². The van der Waals surface area contributed by atoms with Crippen LogP contribution in [0.2, 0.25) is 5.02 Å². The third kappa shape index (κ3) is 6.51. The molecule has 36 heavy (non-hydrogen) atoms. The summed E-state index contributed by atoms with van der Waals surface area (Å²) in [4.78, 5) is 20.3. The lowest BCUT2D eigenvalue weighted by atomic mass is 10.1. The molecule has 0 spiro atoms. The molecule has 8 heteroatoms. The highest BCUT2D eigenvalue weighted by Crippen LogP contribution is 2.38. The van der Waals surface area contributed by atoms with E-state index in [2.05, 4.69) is 11.9 Å². The number of hydrogen-bond acceptors (Lipinski definition) is 6. The fraction of sp³-hybridized carbons (Fsp3) is 0.429. The molecular formula is C28H33ClN2O4S. The summed E-state index contributed by atoms with van der Waals surface area (Å²) in [5, 5.41) is 10.8. The van der Waals surface area contributed by atoms with E-state index in [1.54, 1.807) is 17.0 Å². The third-order valence-electron chi connectivity index (χ3n) is 6.20. The second kappa shape index (κ2) is 12.8. The van der Waals surface area contributed by atoms with Gasteiger partial charge in [0.1, 0.15) is 18.5 Å². The topological polar surface area (TPSA) is 71.4 Å². The smallest absolute Gasteiger partial charge is 0.271 e. The van der Waals surface area contributed by atoms with E-state index in [-0.39, 0.29) is 31.3 Å². The Morgan fingerprint density at radius 2 is 2.03 bits per heavy atom. The van der Waals surface area contributed by atoms with E-state index in [9.17, 15) is 9.90 Å². The van der Waals surface area contributed by atoms with Gasteiger partial charge >= 0.3 is 0 Å². The molecule has 1 amide bonds. The first-order chi connectivity index (χ1) is 17.5. The zero-order chi connectivity index (χ0) is 25.5. The largest absolute Gasteiger partial charge is 0.489 e. The van der Waals surface area contributed by atoms with Crippen LogP contribution in [0.15, 0.2) is 52.4 Å². The van der Waals surface area contributed by atoms with E-state index in [0.29, 0.717) is 27.4 Å². The van der Waals surface area contributed by atoms with Crippen molar-refractivity contribution >= 4 is 46.2 Å². The third-order valence-corrected chi connectivity index (χ3v) is 7.50. The number of ether oxygens (including phenoxy) is 2. The maximum atomic E-state index is 13.4. The molecule has 1 aliphatic carbocycles. The Morgan fingerprint density at radius 1 is 1.25 bits per heavy atom. The normalized spacial score (nSPS) is 19.6. The van der Waals surface area contributed by atoms with Gasteiger partial charge in [0.2, 0.25) is 0 Å². The van der Waals surface area contributed by atoms with E-state index >= 15 is 0 Å². The molecule has 2 aromatic carbocycles. The highest BCUT2D eigenvalue weighted by Gasteiger charge is 2.35. The van der Waals surface area contributed by atoms with Crippen LogP contribution in [0.5, 0.6) is 5.75 Å². The van der Waals surface area contributed by atoms with Gasteiger partial charge in [0.25, 0.3) is 5.91 Å². The highest BCUT2D eigenvalue weighted by atomic mass is 35.5. The molecule has 192 valence electrons. The number of aliphatic hydroxyl groups is 1. The van der Waals surface area contributed by atoms with Gasteiger partial charge in [-0.25, -0.2) is 0 Å². The average molecular weight is 529 g/mol. The lowest BCUT2D eigenvalue weighted by Gasteiger charge is -2.21. The maximum absolute atomic E-state index is 13.4. The predicted molar refractivity (Wildman–Crippen MR) is 148 cm³/mol. The zero-order valence-electron chi connectivity index (χ0n) is 20.8. The lowest BCUT2D eigenvalue weighted by Crippen LogP contribution is -2.29. The number of benzene rings is 2. The first-order valence-corrected chi connectivity index (χ1v) is 13.7. The molecule has 1 aliphatic heterocycles. The number of aliphatic imine (C=N–C) groups is 1. The van der Waals surface area contributed by atoms with Crippen LogP contribution in [0.4, 0.5) is 5.69 Å². The molecular weight excluding hydrogens is 496 g/mol. The van der Waals surface area contributed by atoms with Crippen molar-refractivity contribution in [2.45, 2.75) is 58.2 Å². The van der Waals surface area contributed by atoms with Crippen molar-refractivity contribution in [2.75, 3.05) is 24.7 Å². The van der Waals surface area contributed by atoms with E-state index in [1.807, 2.05) is 43.3 Å². The second-order valence-corrected chi connectivity index (χ2v) is 10.5. The summed E-state index contributed by atoms with van der Waals surface area (Å²) < 4.78 is 11.8. The molecule has 1 saturated heterocycles. The Hall–Kier alpha value is -2.32. The Labute approximate surface area is 222 Å². The van der Waals surface area contributed by atoms with Crippen LogP contribution in [0.25, 0.3) is 6.08 Å². The van der Waals surface area contributed by atoms with Gasteiger partial charge < -0.3 is 14.6 Å². The van der Waals surface area contributed by atoms with Gasteiger partial charge in [-0.1, -0.05) is 55.6 Å². The van der Waals surface area contributed by atoms with E-state index in [4.69, 9.17) is 21.1 Å². The van der Waals surface area contributed by atoms with Gasteiger partial charge in [-0.15, -0.1) is 0 Å². The number of halogens is 1. The van der Waals surface area contributed by atoms with Crippen LogP contribution >= 0.6 is 23.4 Å². The molecule has 2 aromatic rings. The number of hydrogen-bond donors (Lipinski definition) is 1. The Kier molecular flexibility index (Phi) is 9.48. The number of anilines is 1. The highest BCUT2D eigenvalue weighted by molar-refractivity contribution is 8.19. The van der Waals surface area contributed by atoms with E-state index < -0.39 is 0 Å². The van der Waals surface area contributed by atoms with E-state index in [0.717, 1.165) is 36.1 Å². The van der Waals surface area contributed by atoms with Crippen LogP contribution in [0.1, 0.15) is 50.2 Å². The van der Waals surface area contributed by atoms with Crippen molar-refractivity contribution in [2.24, 2.45) is 4.99 Å². The average Bonchev–Trinajstić information content (AvgIpc) is 3.49. The van der Waals surface area contributed by atoms with Crippen LogP contribution in [0, 0.1) is 6.92 Å². The Balaban J connectivity index is 1.48. The maximum Gasteiger partial charge on any atom is 0.271 e. The lowest BCUT2D eigenvalue weighted by molar-refractivity contribution is -0.113. The molecule has 0 radical (unpaired) electrons. The van der Waals surface area contributed by atoms with E-state index in [1.165, 1.54) is 24.6 Å². The Morgan fingerprint density at radius 3 is 2.72 bits per heavy atom. The number of aryl methyl sites for hydroxylation is 1.